The molecule has 3 heteroatoms. The van der Waals surface area contributed by atoms with Gasteiger partial charge in [-0.1, -0.05) is 58.4 Å². The second kappa shape index (κ2) is 5.34. The number of carbonyl (C=O) groups excluding carboxylic acids is 1. The van der Waals surface area contributed by atoms with E-state index in [-0.39, 0.29) is 5.78 Å². The fourth-order valence-corrected chi connectivity index (χ4v) is 2.98. The average molecular weight is 340 g/mol. The lowest BCUT2D eigenvalue weighted by molar-refractivity contribution is 0.103. The van der Waals surface area contributed by atoms with Crippen LogP contribution in [0, 0.1) is 6.92 Å². The zero-order chi connectivity index (χ0) is 15.0. The van der Waals surface area contributed by atoms with Crippen LogP contribution in [0.15, 0.2) is 59.1 Å². The van der Waals surface area contributed by atoms with Gasteiger partial charge in [-0.25, -0.2) is 0 Å². The predicted molar refractivity (Wildman–Crippen MR) is 90.7 cm³/mol. The first-order chi connectivity index (χ1) is 10.1. The quantitative estimate of drug-likeness (QED) is 0.542. The highest BCUT2D eigenvalue weighted by molar-refractivity contribution is 9.10. The van der Waals surface area contributed by atoms with Gasteiger partial charge < -0.3 is 5.73 Å². The van der Waals surface area contributed by atoms with Crippen molar-refractivity contribution in [1.29, 1.82) is 0 Å². The minimum atomic E-state index is -0.00250. The molecule has 2 N–H and O–H groups in total. The Labute approximate surface area is 131 Å². The molecular weight excluding hydrogens is 326 g/mol. The van der Waals surface area contributed by atoms with Gasteiger partial charge in [-0.15, -0.1) is 0 Å². The van der Waals surface area contributed by atoms with Crippen LogP contribution < -0.4 is 5.73 Å². The monoisotopic (exact) mass is 339 g/mol. The molecule has 0 atom stereocenters. The van der Waals surface area contributed by atoms with Crippen LogP contribution in [-0.2, 0) is 0 Å². The standard InChI is InChI=1S/C18H14BrNO/c1-11-16(9-13(19)10-17(11)20)18(21)15-8-4-6-12-5-2-3-7-14(12)15/h2-10H,20H2,1H3. The van der Waals surface area contributed by atoms with Gasteiger partial charge in [0.15, 0.2) is 5.78 Å². The molecule has 0 spiro atoms. The fourth-order valence-electron chi connectivity index (χ4n) is 2.50. The molecule has 0 fully saturated rings. The SMILES string of the molecule is Cc1c(N)cc(Br)cc1C(=O)c1cccc2ccccc12. The van der Waals surface area contributed by atoms with Gasteiger partial charge in [-0.05, 0) is 35.4 Å². The first kappa shape index (κ1) is 13.8. The second-order valence-corrected chi connectivity index (χ2v) is 5.94. The summed E-state index contributed by atoms with van der Waals surface area (Å²) in [6, 6.07) is 17.3. The highest BCUT2D eigenvalue weighted by Gasteiger charge is 2.16. The van der Waals surface area contributed by atoms with E-state index >= 15 is 0 Å². The normalized spacial score (nSPS) is 10.8. The van der Waals surface area contributed by atoms with E-state index in [4.69, 9.17) is 5.73 Å². The molecule has 104 valence electrons. The number of fused-ring (bicyclic) bond motifs is 1. The van der Waals surface area contributed by atoms with E-state index in [0.29, 0.717) is 16.8 Å². The Morgan fingerprint density at radius 3 is 2.52 bits per heavy atom. The van der Waals surface area contributed by atoms with E-state index < -0.39 is 0 Å². The summed E-state index contributed by atoms with van der Waals surface area (Å²) in [6.45, 7) is 1.88. The number of nitrogen functional groups attached to an aromatic ring is 1. The summed E-state index contributed by atoms with van der Waals surface area (Å²) in [4.78, 5) is 12.9. The Bertz CT molecular complexity index is 850. The average Bonchev–Trinajstić information content (AvgIpc) is 2.49. The van der Waals surface area contributed by atoms with Crippen molar-refractivity contribution in [1.82, 2.24) is 0 Å². The molecule has 0 radical (unpaired) electrons. The number of anilines is 1. The van der Waals surface area contributed by atoms with Crippen LogP contribution in [0.4, 0.5) is 5.69 Å². The Morgan fingerprint density at radius 2 is 1.71 bits per heavy atom. The number of hydrogen-bond acceptors (Lipinski definition) is 2. The van der Waals surface area contributed by atoms with Crippen LogP contribution in [-0.4, -0.2) is 5.78 Å². The van der Waals surface area contributed by atoms with E-state index in [1.807, 2.05) is 61.5 Å². The van der Waals surface area contributed by atoms with Crippen molar-refractivity contribution < 1.29 is 4.79 Å². The molecule has 0 aliphatic rings. The zero-order valence-corrected chi connectivity index (χ0v) is 13.1. The smallest absolute Gasteiger partial charge is 0.194 e. The van der Waals surface area contributed by atoms with Crippen molar-refractivity contribution in [3.8, 4) is 0 Å². The van der Waals surface area contributed by atoms with Crippen LogP contribution in [0.25, 0.3) is 10.8 Å². The Kier molecular flexibility index (Phi) is 3.52. The molecule has 3 rings (SSSR count). The van der Waals surface area contributed by atoms with E-state index in [9.17, 15) is 4.79 Å². The van der Waals surface area contributed by atoms with Gasteiger partial charge >= 0.3 is 0 Å². The van der Waals surface area contributed by atoms with Crippen molar-refractivity contribution in [2.75, 3.05) is 5.73 Å². The molecule has 0 unspecified atom stereocenters. The fraction of sp³-hybridized carbons (Fsp3) is 0.0556. The Balaban J connectivity index is 2.22. The lowest BCUT2D eigenvalue weighted by Gasteiger charge is -2.10. The topological polar surface area (TPSA) is 43.1 Å². The van der Waals surface area contributed by atoms with Gasteiger partial charge in [0.25, 0.3) is 0 Å². The second-order valence-electron chi connectivity index (χ2n) is 5.02. The van der Waals surface area contributed by atoms with E-state index in [0.717, 1.165) is 20.8 Å². The van der Waals surface area contributed by atoms with Gasteiger partial charge in [-0.3, -0.25) is 4.79 Å². The first-order valence-corrected chi connectivity index (χ1v) is 7.45. The number of hydrogen-bond donors (Lipinski definition) is 1. The molecule has 3 aromatic rings. The molecule has 0 aromatic heterocycles. The largest absolute Gasteiger partial charge is 0.398 e. The molecule has 0 heterocycles. The maximum absolute atomic E-state index is 12.9. The highest BCUT2D eigenvalue weighted by Crippen LogP contribution is 2.27. The summed E-state index contributed by atoms with van der Waals surface area (Å²) < 4.78 is 0.814. The lowest BCUT2D eigenvalue weighted by atomic mass is 9.94. The van der Waals surface area contributed by atoms with Crippen LogP contribution in [0.2, 0.25) is 0 Å². The maximum Gasteiger partial charge on any atom is 0.194 e. The molecule has 0 amide bonds. The number of halogens is 1. The van der Waals surface area contributed by atoms with Crippen LogP contribution >= 0.6 is 15.9 Å². The van der Waals surface area contributed by atoms with Crippen LogP contribution in [0.5, 0.6) is 0 Å². The third kappa shape index (κ3) is 2.45. The number of carbonyl (C=O) groups is 1. The highest BCUT2D eigenvalue weighted by atomic mass is 79.9. The van der Waals surface area contributed by atoms with Crippen molar-refractivity contribution in [2.24, 2.45) is 0 Å². The van der Waals surface area contributed by atoms with E-state index in [1.165, 1.54) is 0 Å². The zero-order valence-electron chi connectivity index (χ0n) is 11.6. The lowest BCUT2D eigenvalue weighted by Crippen LogP contribution is -2.06. The molecule has 0 bridgehead atoms. The summed E-state index contributed by atoms with van der Waals surface area (Å²) in [5, 5.41) is 2.02. The minimum Gasteiger partial charge on any atom is -0.398 e. The van der Waals surface area contributed by atoms with Crippen molar-refractivity contribution in [3.05, 3.63) is 75.8 Å². The molecule has 21 heavy (non-hydrogen) atoms. The Hall–Kier alpha value is -2.13. The molecule has 0 aliphatic heterocycles. The first-order valence-electron chi connectivity index (χ1n) is 6.66. The molecular formula is C18H14BrNO. The third-order valence-electron chi connectivity index (χ3n) is 3.69. The predicted octanol–water partition coefficient (Wildman–Crippen LogP) is 4.72. The number of rotatable bonds is 2. The summed E-state index contributed by atoms with van der Waals surface area (Å²) in [7, 11) is 0. The van der Waals surface area contributed by atoms with Crippen molar-refractivity contribution >= 4 is 38.2 Å². The summed E-state index contributed by atoms with van der Waals surface area (Å²) in [5.74, 6) is -0.00250. The number of benzene rings is 3. The molecule has 0 aliphatic carbocycles. The van der Waals surface area contributed by atoms with Gasteiger partial charge in [-0.2, -0.15) is 0 Å². The van der Waals surface area contributed by atoms with Gasteiger partial charge in [0.2, 0.25) is 0 Å². The van der Waals surface area contributed by atoms with Gasteiger partial charge in [0.05, 0.1) is 0 Å². The van der Waals surface area contributed by atoms with E-state index in [2.05, 4.69) is 15.9 Å². The van der Waals surface area contributed by atoms with Crippen molar-refractivity contribution in [2.45, 2.75) is 6.92 Å². The third-order valence-corrected chi connectivity index (χ3v) is 4.15. The Morgan fingerprint density at radius 1 is 1.00 bits per heavy atom. The van der Waals surface area contributed by atoms with Crippen LogP contribution in [0.1, 0.15) is 21.5 Å². The van der Waals surface area contributed by atoms with E-state index in [1.54, 1.807) is 0 Å². The molecule has 0 saturated carbocycles. The maximum atomic E-state index is 12.9. The molecule has 3 aromatic carbocycles. The number of nitrogens with two attached hydrogens (primary N) is 1. The minimum absolute atomic E-state index is 0.00250. The summed E-state index contributed by atoms with van der Waals surface area (Å²) in [6.07, 6.45) is 0. The summed E-state index contributed by atoms with van der Waals surface area (Å²) >= 11 is 3.41. The van der Waals surface area contributed by atoms with Crippen molar-refractivity contribution in [3.63, 3.8) is 0 Å². The molecule has 2 nitrogen and oxygen atoms in total. The van der Waals surface area contributed by atoms with Crippen LogP contribution in [0.3, 0.4) is 0 Å². The van der Waals surface area contributed by atoms with Gasteiger partial charge in [0.1, 0.15) is 0 Å². The van der Waals surface area contributed by atoms with Gasteiger partial charge in [0, 0.05) is 21.3 Å². The summed E-state index contributed by atoms with van der Waals surface area (Å²) in [5.41, 5.74) is 8.74. The number of ketones is 1. The molecule has 0 saturated heterocycles.